The monoisotopic (exact) mass is 324 g/mol. The van der Waals surface area contributed by atoms with Crippen molar-refractivity contribution in [1.29, 1.82) is 0 Å². The highest BCUT2D eigenvalue weighted by Crippen LogP contribution is 2.32. The molecule has 3 aliphatic rings. The van der Waals surface area contributed by atoms with Gasteiger partial charge < -0.3 is 9.80 Å². The van der Waals surface area contributed by atoms with E-state index in [-0.39, 0.29) is 0 Å². The predicted molar refractivity (Wildman–Crippen MR) is 104 cm³/mol. The molecule has 0 aromatic rings. The zero-order valence-corrected chi connectivity index (χ0v) is 17.3. The molecule has 2 aliphatic heterocycles. The highest BCUT2D eigenvalue weighted by molar-refractivity contribution is 4.79. The molecule has 3 fully saturated rings. The van der Waals surface area contributed by atoms with Crippen LogP contribution in [0.4, 0.5) is 0 Å². The van der Waals surface area contributed by atoms with Crippen molar-refractivity contribution < 1.29 is 0 Å². The van der Waals surface area contributed by atoms with Gasteiger partial charge in [-0.1, -0.05) is 60.8 Å². The lowest BCUT2D eigenvalue weighted by molar-refractivity contribution is 0.0967. The normalized spacial score (nSPS) is 23.6. The molecule has 1 saturated carbocycles. The lowest BCUT2D eigenvalue weighted by Gasteiger charge is -2.38. The molecule has 0 atom stereocenters. The molecule has 0 bridgehead atoms. The molecule has 3 rings (SSSR count). The summed E-state index contributed by atoms with van der Waals surface area (Å²) < 4.78 is 0. The lowest BCUT2D eigenvalue weighted by atomic mass is 9.78. The number of nitrogens with zero attached hydrogens (tertiary/aromatic N) is 2. The fourth-order valence-electron chi connectivity index (χ4n) is 3.44. The quantitative estimate of drug-likeness (QED) is 0.732. The van der Waals surface area contributed by atoms with E-state index in [0.29, 0.717) is 0 Å². The Morgan fingerprint density at radius 2 is 0.870 bits per heavy atom. The average molecular weight is 325 g/mol. The largest absolute Gasteiger partial charge is 0.306 e. The van der Waals surface area contributed by atoms with Crippen LogP contribution in [0.2, 0.25) is 0 Å². The third-order valence-corrected chi connectivity index (χ3v) is 6.16. The van der Waals surface area contributed by atoms with Crippen molar-refractivity contribution in [2.24, 2.45) is 35.5 Å². The Morgan fingerprint density at radius 3 is 0.913 bits per heavy atom. The minimum atomic E-state index is 0.895. The number of hydrogen-bond donors (Lipinski definition) is 0. The van der Waals surface area contributed by atoms with Crippen LogP contribution >= 0.6 is 0 Å². The minimum Gasteiger partial charge on any atom is -0.306 e. The molecule has 1 aliphatic carbocycles. The van der Waals surface area contributed by atoms with Crippen LogP contribution in [0.25, 0.3) is 0 Å². The molecule has 138 valence electrons. The molecule has 2 nitrogen and oxygen atoms in total. The van der Waals surface area contributed by atoms with Gasteiger partial charge in [0.05, 0.1) is 0 Å². The zero-order chi connectivity index (χ0) is 17.6. The summed E-state index contributed by atoms with van der Waals surface area (Å²) in [7, 11) is 4.36. The van der Waals surface area contributed by atoms with Crippen molar-refractivity contribution in [3.05, 3.63) is 0 Å². The first-order valence-corrected chi connectivity index (χ1v) is 10.1. The van der Waals surface area contributed by atoms with Crippen molar-refractivity contribution in [3.8, 4) is 0 Å². The highest BCUT2D eigenvalue weighted by atomic mass is 15.2. The SMILES string of the molecule is CC(C)C1CCC1.CC(C)C1CN(C)C1.CC(C)C1CN(C)C1. The summed E-state index contributed by atoms with van der Waals surface area (Å²) in [5.41, 5.74) is 0. The summed E-state index contributed by atoms with van der Waals surface area (Å²) >= 11 is 0. The summed E-state index contributed by atoms with van der Waals surface area (Å²) in [4.78, 5) is 4.73. The second-order valence-corrected chi connectivity index (χ2v) is 9.39. The summed E-state index contributed by atoms with van der Waals surface area (Å²) in [6.45, 7) is 19.1. The summed E-state index contributed by atoms with van der Waals surface area (Å²) in [6, 6.07) is 0. The minimum absolute atomic E-state index is 0.895. The first kappa shape index (κ1) is 21.0. The van der Waals surface area contributed by atoms with Crippen molar-refractivity contribution >= 4 is 0 Å². The number of hydrogen-bond acceptors (Lipinski definition) is 2. The van der Waals surface area contributed by atoms with Gasteiger partial charge in [-0.3, -0.25) is 0 Å². The van der Waals surface area contributed by atoms with Crippen molar-refractivity contribution in [2.75, 3.05) is 40.3 Å². The molecule has 0 aromatic carbocycles. The number of likely N-dealkylation sites (tertiary alicyclic amines) is 2. The van der Waals surface area contributed by atoms with E-state index in [0.717, 1.165) is 35.5 Å². The van der Waals surface area contributed by atoms with Gasteiger partial charge in [0.1, 0.15) is 0 Å². The van der Waals surface area contributed by atoms with Crippen LogP contribution in [0.3, 0.4) is 0 Å². The second kappa shape index (κ2) is 10.0. The van der Waals surface area contributed by atoms with Crippen molar-refractivity contribution in [1.82, 2.24) is 9.80 Å². The first-order valence-electron chi connectivity index (χ1n) is 10.1. The third kappa shape index (κ3) is 7.56. The highest BCUT2D eigenvalue weighted by Gasteiger charge is 2.25. The third-order valence-electron chi connectivity index (χ3n) is 6.16. The Morgan fingerprint density at radius 1 is 0.565 bits per heavy atom. The van der Waals surface area contributed by atoms with Crippen molar-refractivity contribution in [2.45, 2.75) is 60.8 Å². The van der Waals surface area contributed by atoms with Crippen LogP contribution in [0.15, 0.2) is 0 Å². The summed E-state index contributed by atoms with van der Waals surface area (Å²) in [6.07, 6.45) is 4.48. The van der Waals surface area contributed by atoms with E-state index in [1.165, 1.54) is 45.4 Å². The first-order chi connectivity index (χ1) is 10.7. The van der Waals surface area contributed by atoms with Gasteiger partial charge in [0, 0.05) is 26.2 Å². The van der Waals surface area contributed by atoms with E-state index >= 15 is 0 Å². The maximum absolute atomic E-state index is 2.37. The van der Waals surface area contributed by atoms with Gasteiger partial charge in [0.2, 0.25) is 0 Å². The number of rotatable bonds is 3. The standard InChI is InChI=1S/2C7H15N.C7H14/c2*1-6(2)7-4-8(3)5-7;1-6(2)7-4-3-5-7/h2*6-7H,4-5H2,1-3H3;6-7H,3-5H2,1-2H3. The Labute approximate surface area is 147 Å². The fourth-order valence-corrected chi connectivity index (χ4v) is 3.44. The lowest BCUT2D eigenvalue weighted by Crippen LogP contribution is -2.46. The smallest absolute Gasteiger partial charge is 0.00214 e. The van der Waals surface area contributed by atoms with Gasteiger partial charge in [0.15, 0.2) is 0 Å². The second-order valence-electron chi connectivity index (χ2n) is 9.39. The van der Waals surface area contributed by atoms with Crippen LogP contribution in [0.1, 0.15) is 60.8 Å². The van der Waals surface area contributed by atoms with Gasteiger partial charge in [-0.05, 0) is 49.6 Å². The predicted octanol–water partition coefficient (Wildman–Crippen LogP) is 4.85. The molecule has 23 heavy (non-hydrogen) atoms. The molecular formula is C21H44N2. The van der Waals surface area contributed by atoms with Crippen LogP contribution in [0.5, 0.6) is 0 Å². The van der Waals surface area contributed by atoms with E-state index in [1.807, 2.05) is 0 Å². The van der Waals surface area contributed by atoms with Gasteiger partial charge >= 0.3 is 0 Å². The van der Waals surface area contributed by atoms with Gasteiger partial charge in [-0.2, -0.15) is 0 Å². The zero-order valence-electron chi connectivity index (χ0n) is 17.3. The molecule has 2 heteroatoms. The maximum atomic E-state index is 2.37. The maximum Gasteiger partial charge on any atom is 0.00214 e. The molecule has 0 radical (unpaired) electrons. The van der Waals surface area contributed by atoms with Crippen LogP contribution < -0.4 is 0 Å². The van der Waals surface area contributed by atoms with Crippen molar-refractivity contribution in [3.63, 3.8) is 0 Å². The van der Waals surface area contributed by atoms with E-state index in [4.69, 9.17) is 0 Å². The molecule has 0 N–H and O–H groups in total. The topological polar surface area (TPSA) is 6.48 Å². The molecular weight excluding hydrogens is 280 g/mol. The van der Waals surface area contributed by atoms with E-state index in [1.54, 1.807) is 0 Å². The molecule has 0 aromatic heterocycles. The summed E-state index contributed by atoms with van der Waals surface area (Å²) in [5.74, 6) is 5.80. The van der Waals surface area contributed by atoms with Gasteiger partial charge in [-0.15, -0.1) is 0 Å². The molecule has 0 spiro atoms. The van der Waals surface area contributed by atoms with Crippen LogP contribution in [-0.4, -0.2) is 50.1 Å². The van der Waals surface area contributed by atoms with Gasteiger partial charge in [0.25, 0.3) is 0 Å². The summed E-state index contributed by atoms with van der Waals surface area (Å²) in [5, 5.41) is 0. The van der Waals surface area contributed by atoms with E-state index in [9.17, 15) is 0 Å². The molecule has 0 unspecified atom stereocenters. The van der Waals surface area contributed by atoms with Gasteiger partial charge in [-0.25, -0.2) is 0 Å². The molecule has 2 heterocycles. The Bertz CT molecular complexity index is 273. The van der Waals surface area contributed by atoms with E-state index in [2.05, 4.69) is 65.4 Å². The van der Waals surface area contributed by atoms with Crippen LogP contribution in [-0.2, 0) is 0 Å². The average Bonchev–Trinajstić information content (AvgIpc) is 2.29. The molecule has 2 saturated heterocycles. The Hall–Kier alpha value is -0.0800. The fraction of sp³-hybridized carbons (Fsp3) is 1.00. The Kier molecular flexibility index (Phi) is 9.15. The van der Waals surface area contributed by atoms with E-state index < -0.39 is 0 Å². The van der Waals surface area contributed by atoms with Crippen LogP contribution in [0, 0.1) is 35.5 Å². The Balaban J connectivity index is 0.000000173. The molecule has 0 amide bonds.